The number of ether oxygens (including phenoxy) is 1. The molecule has 0 aromatic carbocycles. The highest BCUT2D eigenvalue weighted by Gasteiger charge is 2.21. The summed E-state index contributed by atoms with van der Waals surface area (Å²) in [6.07, 6.45) is 19.3. The van der Waals surface area contributed by atoms with E-state index in [2.05, 4.69) is 69.6 Å². The molecule has 1 rings (SSSR count). The van der Waals surface area contributed by atoms with Crippen molar-refractivity contribution in [2.45, 2.75) is 52.6 Å². The van der Waals surface area contributed by atoms with Crippen molar-refractivity contribution < 1.29 is 4.74 Å². The largest absolute Gasteiger partial charge is 0.385 e. The molecule has 2 unspecified atom stereocenters. The average Bonchev–Trinajstić information content (AvgIpc) is 3.45. The Bertz CT molecular complexity index is 532. The molecule has 0 saturated carbocycles. The van der Waals surface area contributed by atoms with Gasteiger partial charge in [-0.2, -0.15) is 0 Å². The Morgan fingerprint density at radius 1 is 1.24 bits per heavy atom. The summed E-state index contributed by atoms with van der Waals surface area (Å²) in [5.41, 5.74) is 3.68. The Kier molecular flexibility index (Phi) is 10.7. The molecule has 2 heteroatoms. The van der Waals surface area contributed by atoms with Gasteiger partial charge in [-0.15, -0.1) is 0 Å². The number of allylic oxidation sites excluding steroid dienone is 9. The van der Waals surface area contributed by atoms with E-state index in [1.54, 1.807) is 0 Å². The number of nitrogens with one attached hydrogen (secondary N) is 1. The van der Waals surface area contributed by atoms with Crippen molar-refractivity contribution in [2.24, 2.45) is 5.92 Å². The van der Waals surface area contributed by atoms with Crippen LogP contribution in [-0.2, 0) is 4.74 Å². The Morgan fingerprint density at radius 2 is 2.00 bits per heavy atom. The van der Waals surface area contributed by atoms with Crippen LogP contribution in [0.3, 0.4) is 0 Å². The second kappa shape index (κ2) is 12.5. The van der Waals surface area contributed by atoms with Crippen LogP contribution in [0, 0.1) is 5.92 Å². The molecule has 0 spiro atoms. The van der Waals surface area contributed by atoms with Crippen molar-refractivity contribution >= 4 is 0 Å². The van der Waals surface area contributed by atoms with Gasteiger partial charge in [0.25, 0.3) is 0 Å². The Morgan fingerprint density at radius 3 is 2.60 bits per heavy atom. The summed E-state index contributed by atoms with van der Waals surface area (Å²) >= 11 is 0. The van der Waals surface area contributed by atoms with Crippen LogP contribution in [0.15, 0.2) is 72.5 Å². The smallest absolute Gasteiger partial charge is 0.0813 e. The van der Waals surface area contributed by atoms with Crippen molar-refractivity contribution in [3.8, 4) is 0 Å². The lowest BCUT2D eigenvalue weighted by molar-refractivity contribution is 0.397. The molecule has 2 nitrogen and oxygen atoms in total. The third kappa shape index (κ3) is 10.6. The molecule has 1 fully saturated rings. The van der Waals surface area contributed by atoms with Crippen LogP contribution in [0.4, 0.5) is 0 Å². The standard InChI is InChI=1S/C23H35NO/c1-6-19(4)17-24-22(8-3)15-13-20(5)11-9-10-12-21(7-2)14-16-23-18-25-23/h7-10,12-13,15,19,23-24H,2-3,6,11,14,16-18H2,1,4-5H3/b10-9+,20-13+,21-12+,22-15+. The lowest BCUT2D eigenvalue weighted by atomic mass is 10.1. The summed E-state index contributed by atoms with van der Waals surface area (Å²) < 4.78 is 5.25. The molecule has 25 heavy (non-hydrogen) atoms. The summed E-state index contributed by atoms with van der Waals surface area (Å²) in [7, 11) is 0. The fraction of sp³-hybridized carbons (Fsp3) is 0.478. The molecular formula is C23H35NO. The average molecular weight is 342 g/mol. The van der Waals surface area contributed by atoms with Crippen LogP contribution in [0.1, 0.15) is 46.5 Å². The summed E-state index contributed by atoms with van der Waals surface area (Å²) in [6, 6.07) is 0. The van der Waals surface area contributed by atoms with Crippen molar-refractivity contribution in [2.75, 3.05) is 13.2 Å². The fourth-order valence-electron chi connectivity index (χ4n) is 2.20. The van der Waals surface area contributed by atoms with Crippen LogP contribution in [-0.4, -0.2) is 19.3 Å². The highest BCUT2D eigenvalue weighted by Crippen LogP contribution is 2.19. The Balaban J connectivity index is 2.42. The molecule has 0 radical (unpaired) electrons. The van der Waals surface area contributed by atoms with Gasteiger partial charge >= 0.3 is 0 Å². The second-order valence-corrected chi connectivity index (χ2v) is 6.81. The summed E-state index contributed by atoms with van der Waals surface area (Å²) in [5, 5.41) is 3.44. The molecule has 0 aromatic rings. The summed E-state index contributed by atoms with van der Waals surface area (Å²) in [6.45, 7) is 16.3. The number of hydrogen-bond donors (Lipinski definition) is 1. The van der Waals surface area contributed by atoms with Gasteiger partial charge in [0.15, 0.2) is 0 Å². The number of rotatable bonds is 13. The third-order valence-electron chi connectivity index (χ3n) is 4.42. The molecule has 0 bridgehead atoms. The van der Waals surface area contributed by atoms with E-state index < -0.39 is 0 Å². The van der Waals surface area contributed by atoms with Gasteiger partial charge in [0.05, 0.1) is 12.7 Å². The molecule has 138 valence electrons. The number of epoxide rings is 1. The summed E-state index contributed by atoms with van der Waals surface area (Å²) in [4.78, 5) is 0. The molecule has 0 amide bonds. The van der Waals surface area contributed by atoms with Crippen LogP contribution < -0.4 is 5.32 Å². The SMILES string of the molecule is C=C/C(=C\C=C\C/C(C)=C/C=C(\C=C)NCC(C)CC)CCC1CO1. The van der Waals surface area contributed by atoms with E-state index in [0.29, 0.717) is 12.0 Å². The molecule has 1 aliphatic heterocycles. The zero-order valence-corrected chi connectivity index (χ0v) is 16.3. The lowest BCUT2D eigenvalue weighted by Crippen LogP contribution is -2.19. The maximum atomic E-state index is 5.25. The molecule has 1 aliphatic rings. The van der Waals surface area contributed by atoms with Gasteiger partial charge in [0.1, 0.15) is 0 Å². The molecule has 1 heterocycles. The van der Waals surface area contributed by atoms with Crippen molar-refractivity contribution in [1.29, 1.82) is 0 Å². The van der Waals surface area contributed by atoms with E-state index in [9.17, 15) is 0 Å². The first-order chi connectivity index (χ1) is 12.1. The lowest BCUT2D eigenvalue weighted by Gasteiger charge is -2.11. The first-order valence-electron chi connectivity index (χ1n) is 9.42. The Hall–Kier alpha value is -1.80. The van der Waals surface area contributed by atoms with Gasteiger partial charge in [-0.3, -0.25) is 0 Å². The minimum absolute atomic E-state index is 0.484. The van der Waals surface area contributed by atoms with Crippen molar-refractivity contribution in [3.63, 3.8) is 0 Å². The maximum absolute atomic E-state index is 5.25. The van der Waals surface area contributed by atoms with Gasteiger partial charge in [0.2, 0.25) is 0 Å². The van der Waals surface area contributed by atoms with Gasteiger partial charge in [0, 0.05) is 12.2 Å². The van der Waals surface area contributed by atoms with Crippen molar-refractivity contribution in [3.05, 3.63) is 72.5 Å². The predicted molar refractivity (Wildman–Crippen MR) is 111 cm³/mol. The van der Waals surface area contributed by atoms with Gasteiger partial charge in [-0.25, -0.2) is 0 Å². The Labute approximate surface area is 154 Å². The minimum Gasteiger partial charge on any atom is -0.385 e. The topological polar surface area (TPSA) is 24.6 Å². The van der Waals surface area contributed by atoms with Gasteiger partial charge < -0.3 is 10.1 Å². The number of hydrogen-bond acceptors (Lipinski definition) is 2. The minimum atomic E-state index is 0.484. The van der Waals surface area contributed by atoms with Crippen molar-refractivity contribution in [1.82, 2.24) is 5.32 Å². The van der Waals surface area contributed by atoms with E-state index in [-0.39, 0.29) is 0 Å². The maximum Gasteiger partial charge on any atom is 0.0813 e. The highest BCUT2D eigenvalue weighted by atomic mass is 16.6. The van der Waals surface area contributed by atoms with Gasteiger partial charge in [-0.1, -0.05) is 69.4 Å². The zero-order chi connectivity index (χ0) is 18.5. The molecular weight excluding hydrogens is 306 g/mol. The third-order valence-corrected chi connectivity index (χ3v) is 4.42. The van der Waals surface area contributed by atoms with E-state index in [1.165, 1.54) is 17.6 Å². The van der Waals surface area contributed by atoms with Crippen LogP contribution in [0.5, 0.6) is 0 Å². The quantitative estimate of drug-likeness (QED) is 0.334. The van der Waals surface area contributed by atoms with E-state index in [0.717, 1.165) is 38.1 Å². The van der Waals surface area contributed by atoms with Crippen LogP contribution >= 0.6 is 0 Å². The van der Waals surface area contributed by atoms with Gasteiger partial charge in [-0.05, 0) is 49.8 Å². The second-order valence-electron chi connectivity index (χ2n) is 6.81. The predicted octanol–water partition coefficient (Wildman–Crippen LogP) is 5.88. The van der Waals surface area contributed by atoms with E-state index in [1.807, 2.05) is 12.2 Å². The molecule has 1 N–H and O–H groups in total. The van der Waals surface area contributed by atoms with E-state index >= 15 is 0 Å². The zero-order valence-electron chi connectivity index (χ0n) is 16.3. The first kappa shape index (κ1) is 21.2. The molecule has 0 aliphatic carbocycles. The summed E-state index contributed by atoms with van der Waals surface area (Å²) in [5.74, 6) is 0.675. The molecule has 2 atom stereocenters. The van der Waals surface area contributed by atoms with Crippen LogP contribution in [0.2, 0.25) is 0 Å². The fourth-order valence-corrected chi connectivity index (χ4v) is 2.20. The monoisotopic (exact) mass is 341 g/mol. The molecule has 1 saturated heterocycles. The van der Waals surface area contributed by atoms with E-state index in [4.69, 9.17) is 4.74 Å². The normalized spacial score (nSPS) is 19.8. The highest BCUT2D eigenvalue weighted by molar-refractivity contribution is 5.25. The van der Waals surface area contributed by atoms with Crippen LogP contribution in [0.25, 0.3) is 0 Å². The molecule has 0 aromatic heterocycles. The first-order valence-corrected chi connectivity index (χ1v) is 9.42.